The Morgan fingerprint density at radius 1 is 1.36 bits per heavy atom. The van der Waals surface area contributed by atoms with Gasteiger partial charge in [0.05, 0.1) is 5.92 Å². The highest BCUT2D eigenvalue weighted by Gasteiger charge is 2.53. The molecule has 1 aliphatic heterocycles. The molecule has 1 aromatic rings. The van der Waals surface area contributed by atoms with Gasteiger partial charge in [-0.2, -0.15) is 0 Å². The molecule has 2 aliphatic rings. The van der Waals surface area contributed by atoms with Crippen molar-refractivity contribution in [1.82, 2.24) is 0 Å². The molecule has 1 aromatic carbocycles. The average Bonchev–Trinajstić information content (AvgIpc) is 2.79. The molecule has 2 nitrogen and oxygen atoms in total. The van der Waals surface area contributed by atoms with Gasteiger partial charge in [-0.1, -0.05) is 25.1 Å². The normalized spacial score (nSPS) is 26.9. The molecule has 0 amide bonds. The third-order valence-electron chi connectivity index (χ3n) is 3.41. The standard InChI is InChI=1S/C12H12O2/c1-12(6-7-12)10-8-4-2-3-5-9(8)14-11(10)13/h2-5,10H,6-7H2,1H3/t10-/m0/s1. The number of para-hydroxylation sites is 1. The van der Waals surface area contributed by atoms with Gasteiger partial charge in [-0.25, -0.2) is 0 Å². The molecule has 0 spiro atoms. The fourth-order valence-electron chi connectivity index (χ4n) is 2.25. The van der Waals surface area contributed by atoms with Gasteiger partial charge in [0, 0.05) is 5.56 Å². The van der Waals surface area contributed by atoms with Crippen molar-refractivity contribution in [2.24, 2.45) is 5.41 Å². The molecule has 1 atom stereocenters. The van der Waals surface area contributed by atoms with Crippen LogP contribution in [0.4, 0.5) is 0 Å². The average molecular weight is 188 g/mol. The Kier molecular flexibility index (Phi) is 1.37. The van der Waals surface area contributed by atoms with Crippen molar-refractivity contribution in [1.29, 1.82) is 0 Å². The molecule has 0 saturated heterocycles. The molecular weight excluding hydrogens is 176 g/mol. The summed E-state index contributed by atoms with van der Waals surface area (Å²) < 4.78 is 5.25. The minimum absolute atomic E-state index is 0.0151. The first-order valence-electron chi connectivity index (χ1n) is 5.01. The second-order valence-corrected chi connectivity index (χ2v) is 4.55. The molecule has 14 heavy (non-hydrogen) atoms. The lowest BCUT2D eigenvalue weighted by molar-refractivity contribution is -0.135. The van der Waals surface area contributed by atoms with Gasteiger partial charge < -0.3 is 4.74 Å². The van der Waals surface area contributed by atoms with E-state index in [0.29, 0.717) is 0 Å². The minimum atomic E-state index is -0.0637. The van der Waals surface area contributed by atoms with Gasteiger partial charge in [-0.3, -0.25) is 4.79 Å². The van der Waals surface area contributed by atoms with Crippen molar-refractivity contribution in [3.63, 3.8) is 0 Å². The number of hydrogen-bond acceptors (Lipinski definition) is 2. The van der Waals surface area contributed by atoms with Crippen molar-refractivity contribution in [2.75, 3.05) is 0 Å². The molecule has 0 unspecified atom stereocenters. The summed E-state index contributed by atoms with van der Waals surface area (Å²) in [6.07, 6.45) is 2.28. The van der Waals surface area contributed by atoms with Gasteiger partial charge >= 0.3 is 5.97 Å². The number of fused-ring (bicyclic) bond motifs is 1. The zero-order valence-corrected chi connectivity index (χ0v) is 8.12. The number of benzene rings is 1. The van der Waals surface area contributed by atoms with Crippen LogP contribution in [0.3, 0.4) is 0 Å². The second kappa shape index (κ2) is 2.38. The highest BCUT2D eigenvalue weighted by Crippen LogP contribution is 2.59. The molecule has 2 heteroatoms. The number of hydrogen-bond donors (Lipinski definition) is 0. The van der Waals surface area contributed by atoms with Crippen LogP contribution in [-0.2, 0) is 4.79 Å². The Balaban J connectivity index is 2.10. The Bertz CT molecular complexity index is 405. The Morgan fingerprint density at radius 3 is 2.79 bits per heavy atom. The van der Waals surface area contributed by atoms with Gasteiger partial charge in [0.2, 0.25) is 0 Å². The molecule has 0 bridgehead atoms. The van der Waals surface area contributed by atoms with E-state index in [9.17, 15) is 4.79 Å². The summed E-state index contributed by atoms with van der Waals surface area (Å²) in [5.74, 6) is 0.681. The highest BCUT2D eigenvalue weighted by atomic mass is 16.5. The highest BCUT2D eigenvalue weighted by molar-refractivity contribution is 5.87. The van der Waals surface area contributed by atoms with Crippen LogP contribution in [-0.4, -0.2) is 5.97 Å². The SMILES string of the molecule is CC1([C@@H]2C(=O)Oc3ccccc32)CC1. The van der Waals surface area contributed by atoms with Crippen LogP contribution in [0, 0.1) is 5.41 Å². The third kappa shape index (κ3) is 0.939. The molecule has 1 fully saturated rings. The Labute approximate surface area is 82.9 Å². The van der Waals surface area contributed by atoms with E-state index in [2.05, 4.69) is 6.92 Å². The van der Waals surface area contributed by atoms with Crippen molar-refractivity contribution in [3.05, 3.63) is 29.8 Å². The van der Waals surface area contributed by atoms with E-state index < -0.39 is 0 Å². The summed E-state index contributed by atoms with van der Waals surface area (Å²) in [5.41, 5.74) is 1.25. The second-order valence-electron chi connectivity index (χ2n) is 4.55. The monoisotopic (exact) mass is 188 g/mol. The fourth-order valence-corrected chi connectivity index (χ4v) is 2.25. The van der Waals surface area contributed by atoms with Crippen LogP contribution in [0.15, 0.2) is 24.3 Å². The third-order valence-corrected chi connectivity index (χ3v) is 3.41. The number of rotatable bonds is 1. The van der Waals surface area contributed by atoms with Gasteiger partial charge in [-0.05, 0) is 24.3 Å². The summed E-state index contributed by atoms with van der Waals surface area (Å²) in [6, 6.07) is 7.76. The zero-order valence-electron chi connectivity index (χ0n) is 8.12. The fraction of sp³-hybridized carbons (Fsp3) is 0.417. The molecule has 1 saturated carbocycles. The molecule has 0 aromatic heterocycles. The van der Waals surface area contributed by atoms with E-state index >= 15 is 0 Å². The maximum atomic E-state index is 11.7. The number of esters is 1. The van der Waals surface area contributed by atoms with Crippen molar-refractivity contribution in [3.8, 4) is 5.75 Å². The quantitative estimate of drug-likeness (QED) is 0.500. The van der Waals surface area contributed by atoms with Crippen LogP contribution >= 0.6 is 0 Å². The van der Waals surface area contributed by atoms with Crippen LogP contribution in [0.2, 0.25) is 0 Å². The summed E-state index contributed by atoms with van der Waals surface area (Å²) in [7, 11) is 0. The van der Waals surface area contributed by atoms with Gasteiger partial charge in [0.15, 0.2) is 0 Å². The van der Waals surface area contributed by atoms with Crippen molar-refractivity contribution >= 4 is 5.97 Å². The van der Waals surface area contributed by atoms with Crippen LogP contribution in [0.5, 0.6) is 5.75 Å². The lowest BCUT2D eigenvalue weighted by atomic mass is 9.86. The van der Waals surface area contributed by atoms with E-state index in [1.807, 2.05) is 24.3 Å². The smallest absolute Gasteiger partial charge is 0.319 e. The minimum Gasteiger partial charge on any atom is -0.426 e. The largest absolute Gasteiger partial charge is 0.426 e. The van der Waals surface area contributed by atoms with Crippen molar-refractivity contribution in [2.45, 2.75) is 25.7 Å². The van der Waals surface area contributed by atoms with Gasteiger partial charge in [0.1, 0.15) is 5.75 Å². The molecular formula is C12H12O2. The van der Waals surface area contributed by atoms with Crippen LogP contribution < -0.4 is 4.74 Å². The predicted molar refractivity (Wildman–Crippen MR) is 52.2 cm³/mol. The van der Waals surface area contributed by atoms with E-state index in [1.54, 1.807) is 0 Å². The summed E-state index contributed by atoms with van der Waals surface area (Å²) in [4.78, 5) is 11.7. The summed E-state index contributed by atoms with van der Waals surface area (Å²) in [5, 5.41) is 0. The first kappa shape index (κ1) is 8.04. The van der Waals surface area contributed by atoms with E-state index in [1.165, 1.54) is 0 Å². The molecule has 1 heterocycles. The molecule has 72 valence electrons. The summed E-state index contributed by atoms with van der Waals surface area (Å²) >= 11 is 0. The van der Waals surface area contributed by atoms with E-state index in [4.69, 9.17) is 4.74 Å². The number of ether oxygens (including phenoxy) is 1. The van der Waals surface area contributed by atoms with Gasteiger partial charge in [-0.15, -0.1) is 0 Å². The topological polar surface area (TPSA) is 26.3 Å². The lowest BCUT2D eigenvalue weighted by Crippen LogP contribution is -2.18. The lowest BCUT2D eigenvalue weighted by Gasteiger charge is -2.13. The zero-order chi connectivity index (χ0) is 9.76. The molecule has 0 N–H and O–H groups in total. The number of carbonyl (C=O) groups excluding carboxylic acids is 1. The predicted octanol–water partition coefficient (Wildman–Crippen LogP) is 2.49. The molecule has 3 rings (SSSR count). The van der Waals surface area contributed by atoms with Gasteiger partial charge in [0.25, 0.3) is 0 Å². The van der Waals surface area contributed by atoms with Crippen molar-refractivity contribution < 1.29 is 9.53 Å². The molecule has 1 aliphatic carbocycles. The maximum Gasteiger partial charge on any atom is 0.319 e. The van der Waals surface area contributed by atoms with E-state index in [-0.39, 0.29) is 17.3 Å². The summed E-state index contributed by atoms with van der Waals surface area (Å²) in [6.45, 7) is 2.17. The van der Waals surface area contributed by atoms with Crippen LogP contribution in [0.25, 0.3) is 0 Å². The Morgan fingerprint density at radius 2 is 2.07 bits per heavy atom. The Hall–Kier alpha value is -1.31. The first-order valence-corrected chi connectivity index (χ1v) is 5.01. The van der Waals surface area contributed by atoms with E-state index in [0.717, 1.165) is 24.2 Å². The van der Waals surface area contributed by atoms with Crippen LogP contribution in [0.1, 0.15) is 31.2 Å². The maximum absolute atomic E-state index is 11.7. The molecule has 0 radical (unpaired) electrons. The number of carbonyl (C=O) groups is 1. The first-order chi connectivity index (χ1) is 6.71.